The van der Waals surface area contributed by atoms with Crippen LogP contribution in [0.5, 0.6) is 0 Å². The van der Waals surface area contributed by atoms with E-state index in [1.807, 2.05) is 0 Å². The van der Waals surface area contributed by atoms with Crippen molar-refractivity contribution < 1.29 is 14.6 Å². The van der Waals surface area contributed by atoms with E-state index in [4.69, 9.17) is 0 Å². The molecule has 2 N–H and O–H groups in total. The van der Waals surface area contributed by atoms with Gasteiger partial charge in [-0.3, -0.25) is 0 Å². The van der Waals surface area contributed by atoms with E-state index in [0.717, 1.165) is 25.7 Å². The summed E-state index contributed by atoms with van der Waals surface area (Å²) in [6.07, 6.45) is 4.34. The van der Waals surface area contributed by atoms with Gasteiger partial charge >= 0.3 is 5.97 Å². The first-order chi connectivity index (χ1) is 9.58. The summed E-state index contributed by atoms with van der Waals surface area (Å²) >= 11 is 0. The third-order valence-corrected chi connectivity index (χ3v) is 3.87. The fourth-order valence-electron chi connectivity index (χ4n) is 2.64. The highest BCUT2D eigenvalue weighted by Crippen LogP contribution is 2.37. The van der Waals surface area contributed by atoms with Crippen molar-refractivity contribution in [2.75, 3.05) is 25.6 Å². The van der Waals surface area contributed by atoms with Crippen molar-refractivity contribution in [3.05, 3.63) is 17.6 Å². The second-order valence-corrected chi connectivity index (χ2v) is 5.43. The molecule has 6 heteroatoms. The number of nitrogens with one attached hydrogen (secondary N) is 1. The highest BCUT2D eigenvalue weighted by atomic mass is 16.5. The van der Waals surface area contributed by atoms with Gasteiger partial charge < -0.3 is 15.2 Å². The van der Waals surface area contributed by atoms with Crippen LogP contribution in [0.2, 0.25) is 0 Å². The molecule has 1 aliphatic carbocycles. The van der Waals surface area contributed by atoms with E-state index in [2.05, 4.69) is 20.0 Å². The number of anilines is 1. The van der Waals surface area contributed by atoms with Crippen LogP contribution < -0.4 is 5.32 Å². The molecule has 6 nitrogen and oxygen atoms in total. The number of hydrogen-bond acceptors (Lipinski definition) is 6. The van der Waals surface area contributed by atoms with Crippen molar-refractivity contribution in [3.63, 3.8) is 0 Å². The summed E-state index contributed by atoms with van der Waals surface area (Å²) in [5.41, 5.74) is 0.636. The van der Waals surface area contributed by atoms with Crippen LogP contribution in [-0.4, -0.2) is 41.3 Å². The molecule has 110 valence electrons. The molecule has 1 fully saturated rings. The first kappa shape index (κ1) is 14.7. The maximum absolute atomic E-state index is 11.5. The first-order valence-electron chi connectivity index (χ1n) is 6.87. The Morgan fingerprint density at radius 3 is 2.75 bits per heavy atom. The van der Waals surface area contributed by atoms with E-state index in [1.54, 1.807) is 13.0 Å². The Morgan fingerprint density at radius 2 is 2.15 bits per heavy atom. The van der Waals surface area contributed by atoms with Crippen LogP contribution in [0.15, 0.2) is 6.07 Å². The second-order valence-electron chi connectivity index (χ2n) is 5.43. The predicted octanol–water partition coefficient (Wildman–Crippen LogP) is 1.54. The van der Waals surface area contributed by atoms with Gasteiger partial charge in [-0.2, -0.15) is 0 Å². The van der Waals surface area contributed by atoms with Gasteiger partial charge in [-0.15, -0.1) is 0 Å². The topological polar surface area (TPSA) is 84.3 Å². The van der Waals surface area contributed by atoms with Gasteiger partial charge in [-0.25, -0.2) is 14.8 Å². The monoisotopic (exact) mass is 279 g/mol. The Morgan fingerprint density at radius 1 is 1.45 bits per heavy atom. The number of aliphatic hydroxyl groups is 1. The van der Waals surface area contributed by atoms with Crippen molar-refractivity contribution in [1.29, 1.82) is 0 Å². The lowest BCUT2D eigenvalue weighted by Crippen LogP contribution is -2.31. The Balaban J connectivity index is 2.09. The van der Waals surface area contributed by atoms with Gasteiger partial charge in [0.25, 0.3) is 0 Å². The average molecular weight is 279 g/mol. The van der Waals surface area contributed by atoms with Crippen molar-refractivity contribution in [1.82, 2.24) is 9.97 Å². The van der Waals surface area contributed by atoms with E-state index >= 15 is 0 Å². The van der Waals surface area contributed by atoms with E-state index in [9.17, 15) is 9.90 Å². The number of carbonyl (C=O) groups is 1. The first-order valence-corrected chi connectivity index (χ1v) is 6.87. The minimum absolute atomic E-state index is 0.0551. The molecule has 1 saturated carbocycles. The summed E-state index contributed by atoms with van der Waals surface area (Å²) in [5.74, 6) is 0.103. The van der Waals surface area contributed by atoms with Crippen molar-refractivity contribution >= 4 is 11.8 Å². The molecule has 1 heterocycles. The number of aromatic nitrogens is 2. The summed E-state index contributed by atoms with van der Waals surface area (Å²) in [6.45, 7) is 2.63. The number of carbonyl (C=O) groups excluding carboxylic acids is 1. The van der Waals surface area contributed by atoms with Crippen LogP contribution in [-0.2, 0) is 4.74 Å². The lowest BCUT2D eigenvalue weighted by atomic mass is 9.87. The Kier molecular flexibility index (Phi) is 4.54. The summed E-state index contributed by atoms with van der Waals surface area (Å²) < 4.78 is 4.63. The quantitative estimate of drug-likeness (QED) is 0.795. The van der Waals surface area contributed by atoms with Crippen molar-refractivity contribution in [2.24, 2.45) is 5.41 Å². The van der Waals surface area contributed by atoms with Crippen LogP contribution in [0.1, 0.15) is 42.0 Å². The molecule has 0 unspecified atom stereocenters. The van der Waals surface area contributed by atoms with E-state index in [1.165, 1.54) is 7.11 Å². The molecule has 0 saturated heterocycles. The number of methoxy groups -OCH3 is 1. The van der Waals surface area contributed by atoms with Gasteiger partial charge in [0.1, 0.15) is 5.82 Å². The molecule has 0 aliphatic heterocycles. The standard InChI is InChI=1S/C14H21N3O3/c1-10-7-11(17-12(16-10)13(19)20-2)15-8-14(9-18)5-3-4-6-14/h7,18H,3-6,8-9H2,1-2H3,(H,15,16,17). The van der Waals surface area contributed by atoms with Crippen LogP contribution in [0.25, 0.3) is 0 Å². The fourth-order valence-corrected chi connectivity index (χ4v) is 2.64. The summed E-state index contributed by atoms with van der Waals surface area (Å²) in [4.78, 5) is 19.7. The number of aryl methyl sites for hydroxylation is 1. The lowest BCUT2D eigenvalue weighted by molar-refractivity contribution is 0.0586. The lowest BCUT2D eigenvalue weighted by Gasteiger charge is -2.26. The molecule has 0 spiro atoms. The van der Waals surface area contributed by atoms with Crippen LogP contribution in [0, 0.1) is 12.3 Å². The fraction of sp³-hybridized carbons (Fsp3) is 0.643. The number of esters is 1. The molecule has 0 atom stereocenters. The predicted molar refractivity (Wildman–Crippen MR) is 74.6 cm³/mol. The maximum atomic E-state index is 11.5. The zero-order valence-corrected chi connectivity index (χ0v) is 12.0. The summed E-state index contributed by atoms with van der Waals surface area (Å²) in [6, 6.07) is 1.78. The molecule has 2 rings (SSSR count). The van der Waals surface area contributed by atoms with Crippen LogP contribution in [0.3, 0.4) is 0 Å². The maximum Gasteiger partial charge on any atom is 0.376 e. The molecule has 0 radical (unpaired) electrons. The Labute approximate surface area is 118 Å². The summed E-state index contributed by atoms with van der Waals surface area (Å²) in [5, 5.41) is 12.8. The minimum Gasteiger partial charge on any atom is -0.463 e. The number of hydrogen-bond donors (Lipinski definition) is 2. The molecular formula is C14H21N3O3. The molecule has 1 aliphatic rings. The number of rotatable bonds is 5. The zero-order chi connectivity index (χ0) is 14.6. The van der Waals surface area contributed by atoms with Crippen molar-refractivity contribution in [3.8, 4) is 0 Å². The second kappa shape index (κ2) is 6.17. The molecule has 0 amide bonds. The third-order valence-electron chi connectivity index (χ3n) is 3.87. The normalized spacial score (nSPS) is 16.9. The third kappa shape index (κ3) is 3.25. The Hall–Kier alpha value is -1.69. The van der Waals surface area contributed by atoms with Gasteiger partial charge in [0, 0.05) is 23.7 Å². The summed E-state index contributed by atoms with van der Waals surface area (Å²) in [7, 11) is 1.31. The van der Waals surface area contributed by atoms with Gasteiger partial charge in [0.2, 0.25) is 5.82 Å². The average Bonchev–Trinajstić information content (AvgIpc) is 2.93. The molecule has 0 aromatic carbocycles. The highest BCUT2D eigenvalue weighted by molar-refractivity contribution is 5.85. The molecule has 1 aromatic heterocycles. The zero-order valence-electron chi connectivity index (χ0n) is 12.0. The molecule has 20 heavy (non-hydrogen) atoms. The van der Waals surface area contributed by atoms with Gasteiger partial charge in [-0.05, 0) is 19.8 Å². The van der Waals surface area contributed by atoms with E-state index < -0.39 is 5.97 Å². The Bertz CT molecular complexity index is 485. The molecular weight excluding hydrogens is 258 g/mol. The molecule has 1 aromatic rings. The van der Waals surface area contributed by atoms with Gasteiger partial charge in [-0.1, -0.05) is 12.8 Å². The van der Waals surface area contributed by atoms with E-state index in [-0.39, 0.29) is 17.8 Å². The highest BCUT2D eigenvalue weighted by Gasteiger charge is 2.33. The number of ether oxygens (including phenoxy) is 1. The van der Waals surface area contributed by atoms with Crippen molar-refractivity contribution in [2.45, 2.75) is 32.6 Å². The van der Waals surface area contributed by atoms with E-state index in [0.29, 0.717) is 18.1 Å². The van der Waals surface area contributed by atoms with Gasteiger partial charge in [0.05, 0.1) is 13.7 Å². The number of aliphatic hydroxyl groups excluding tert-OH is 1. The smallest absolute Gasteiger partial charge is 0.376 e. The molecule has 0 bridgehead atoms. The van der Waals surface area contributed by atoms with Gasteiger partial charge in [0.15, 0.2) is 0 Å². The largest absolute Gasteiger partial charge is 0.463 e. The number of nitrogens with zero attached hydrogens (tertiary/aromatic N) is 2. The SMILES string of the molecule is COC(=O)c1nc(C)cc(NCC2(CO)CCCC2)n1. The van der Waals surface area contributed by atoms with Crippen LogP contribution in [0.4, 0.5) is 5.82 Å². The minimum atomic E-state index is -0.547. The van der Waals surface area contributed by atoms with Crippen LogP contribution >= 0.6 is 0 Å².